The maximum absolute atomic E-state index is 12.9. The molecular formula is C18H21N3O4. The highest BCUT2D eigenvalue weighted by atomic mass is 16.5. The van der Waals surface area contributed by atoms with Crippen molar-refractivity contribution >= 4 is 11.9 Å². The number of aryl methyl sites for hydroxylation is 2. The van der Waals surface area contributed by atoms with Gasteiger partial charge in [-0.2, -0.15) is 5.10 Å². The number of carbonyl (C=O) groups is 2. The van der Waals surface area contributed by atoms with E-state index in [1.165, 1.54) is 0 Å². The number of hydrogen-bond donors (Lipinski definition) is 1. The average Bonchev–Trinajstić information content (AvgIpc) is 3.18. The van der Waals surface area contributed by atoms with Crippen molar-refractivity contribution in [2.45, 2.75) is 25.8 Å². The van der Waals surface area contributed by atoms with Crippen LogP contribution in [0.15, 0.2) is 30.5 Å². The summed E-state index contributed by atoms with van der Waals surface area (Å²) in [4.78, 5) is 25.3. The molecule has 0 spiro atoms. The second-order valence-corrected chi connectivity index (χ2v) is 6.21. The largest absolute Gasteiger partial charge is 0.482 e. The highest BCUT2D eigenvalue weighted by Crippen LogP contribution is 2.34. The first-order chi connectivity index (χ1) is 12.0. The molecule has 2 heterocycles. The molecule has 1 aromatic heterocycles. The third-order valence-electron chi connectivity index (χ3n) is 4.39. The molecule has 2 aromatic rings. The van der Waals surface area contributed by atoms with Crippen molar-refractivity contribution in [1.29, 1.82) is 0 Å². The van der Waals surface area contributed by atoms with Crippen LogP contribution in [0, 0.1) is 6.92 Å². The molecule has 1 aromatic carbocycles. The molecule has 0 aliphatic carbocycles. The van der Waals surface area contributed by atoms with E-state index in [9.17, 15) is 9.59 Å². The molecule has 0 radical (unpaired) electrons. The SMILES string of the molecule is Cc1nn(C)cc1C1CCCN1C(=O)c1ccc(OCC(=O)O)cc1. The number of rotatable bonds is 5. The fraction of sp³-hybridized carbons (Fsp3) is 0.389. The van der Waals surface area contributed by atoms with Gasteiger partial charge in [-0.05, 0) is 44.0 Å². The van der Waals surface area contributed by atoms with Crippen molar-refractivity contribution < 1.29 is 19.4 Å². The molecule has 1 unspecified atom stereocenters. The summed E-state index contributed by atoms with van der Waals surface area (Å²) in [6, 6.07) is 6.63. The summed E-state index contributed by atoms with van der Waals surface area (Å²) >= 11 is 0. The minimum atomic E-state index is -1.04. The van der Waals surface area contributed by atoms with E-state index in [2.05, 4.69) is 5.10 Å². The molecule has 132 valence electrons. The van der Waals surface area contributed by atoms with Crippen LogP contribution >= 0.6 is 0 Å². The first-order valence-electron chi connectivity index (χ1n) is 8.21. The van der Waals surface area contributed by atoms with E-state index in [1.807, 2.05) is 25.1 Å². The molecule has 1 N–H and O–H groups in total. The van der Waals surface area contributed by atoms with Gasteiger partial charge in [0.2, 0.25) is 0 Å². The number of aliphatic carboxylic acids is 1. The number of carboxylic acids is 1. The Hall–Kier alpha value is -2.83. The molecule has 1 saturated heterocycles. The number of carboxylic acid groups (broad SMARTS) is 1. The smallest absolute Gasteiger partial charge is 0.341 e. The van der Waals surface area contributed by atoms with E-state index in [-0.39, 0.29) is 11.9 Å². The summed E-state index contributed by atoms with van der Waals surface area (Å²) in [6.45, 7) is 2.28. The molecule has 1 aliphatic rings. The number of carbonyl (C=O) groups excluding carboxylic acids is 1. The van der Waals surface area contributed by atoms with E-state index in [0.717, 1.165) is 30.6 Å². The van der Waals surface area contributed by atoms with Crippen LogP contribution in [0.4, 0.5) is 0 Å². The van der Waals surface area contributed by atoms with Crippen LogP contribution in [0.2, 0.25) is 0 Å². The Bertz CT molecular complexity index is 782. The minimum absolute atomic E-state index is 0.0319. The zero-order valence-corrected chi connectivity index (χ0v) is 14.3. The molecule has 1 fully saturated rings. The van der Waals surface area contributed by atoms with Gasteiger partial charge in [-0.25, -0.2) is 4.79 Å². The zero-order chi connectivity index (χ0) is 18.0. The van der Waals surface area contributed by atoms with Gasteiger partial charge >= 0.3 is 5.97 Å². The van der Waals surface area contributed by atoms with Gasteiger partial charge in [0.15, 0.2) is 6.61 Å². The summed E-state index contributed by atoms with van der Waals surface area (Å²) < 4.78 is 6.88. The molecule has 0 bridgehead atoms. The Kier molecular flexibility index (Phi) is 4.74. The second-order valence-electron chi connectivity index (χ2n) is 6.21. The lowest BCUT2D eigenvalue weighted by atomic mass is 10.0. The highest BCUT2D eigenvalue weighted by Gasteiger charge is 2.32. The number of ether oxygens (including phenoxy) is 1. The van der Waals surface area contributed by atoms with Crippen molar-refractivity contribution in [2.24, 2.45) is 7.05 Å². The van der Waals surface area contributed by atoms with Crippen LogP contribution in [-0.4, -0.2) is 44.8 Å². The molecule has 25 heavy (non-hydrogen) atoms. The average molecular weight is 343 g/mol. The van der Waals surface area contributed by atoms with Crippen LogP contribution in [0.3, 0.4) is 0 Å². The third kappa shape index (κ3) is 3.65. The Balaban J connectivity index is 1.75. The summed E-state index contributed by atoms with van der Waals surface area (Å²) in [6.07, 6.45) is 3.87. The predicted molar refractivity (Wildman–Crippen MR) is 90.5 cm³/mol. The first kappa shape index (κ1) is 17.0. The van der Waals surface area contributed by atoms with E-state index < -0.39 is 12.6 Å². The van der Waals surface area contributed by atoms with Gasteiger partial charge in [0.25, 0.3) is 5.91 Å². The minimum Gasteiger partial charge on any atom is -0.482 e. The highest BCUT2D eigenvalue weighted by molar-refractivity contribution is 5.94. The molecular weight excluding hydrogens is 322 g/mol. The van der Waals surface area contributed by atoms with E-state index in [0.29, 0.717) is 11.3 Å². The maximum atomic E-state index is 12.9. The number of likely N-dealkylation sites (tertiary alicyclic amines) is 1. The molecule has 7 heteroatoms. The summed E-state index contributed by atoms with van der Waals surface area (Å²) in [5, 5.41) is 13.0. The number of amides is 1. The second kappa shape index (κ2) is 6.96. The van der Waals surface area contributed by atoms with Crippen LogP contribution in [0.5, 0.6) is 5.75 Å². The van der Waals surface area contributed by atoms with Crippen molar-refractivity contribution in [2.75, 3.05) is 13.2 Å². The quantitative estimate of drug-likeness (QED) is 0.899. The summed E-state index contributed by atoms with van der Waals surface area (Å²) in [7, 11) is 1.88. The van der Waals surface area contributed by atoms with Crippen LogP contribution < -0.4 is 4.74 Å². The lowest BCUT2D eigenvalue weighted by molar-refractivity contribution is -0.139. The Morgan fingerprint density at radius 3 is 2.64 bits per heavy atom. The number of benzene rings is 1. The fourth-order valence-electron chi connectivity index (χ4n) is 3.28. The third-order valence-corrected chi connectivity index (χ3v) is 4.39. The Labute approximate surface area is 145 Å². The van der Waals surface area contributed by atoms with Crippen molar-refractivity contribution in [3.8, 4) is 5.75 Å². The fourth-order valence-corrected chi connectivity index (χ4v) is 3.28. The topological polar surface area (TPSA) is 84.7 Å². The van der Waals surface area contributed by atoms with Gasteiger partial charge in [-0.1, -0.05) is 0 Å². The molecule has 1 atom stereocenters. The molecule has 7 nitrogen and oxygen atoms in total. The summed E-state index contributed by atoms with van der Waals surface area (Å²) in [5.74, 6) is -0.637. The Morgan fingerprint density at radius 1 is 1.32 bits per heavy atom. The number of aromatic nitrogens is 2. The van der Waals surface area contributed by atoms with Crippen LogP contribution in [-0.2, 0) is 11.8 Å². The van der Waals surface area contributed by atoms with E-state index in [4.69, 9.17) is 9.84 Å². The normalized spacial score (nSPS) is 16.9. The van der Waals surface area contributed by atoms with Gasteiger partial charge in [-0.15, -0.1) is 0 Å². The number of nitrogens with zero attached hydrogens (tertiary/aromatic N) is 3. The van der Waals surface area contributed by atoms with E-state index >= 15 is 0 Å². The molecule has 1 amide bonds. The number of hydrogen-bond acceptors (Lipinski definition) is 4. The van der Waals surface area contributed by atoms with Gasteiger partial charge in [0, 0.05) is 30.9 Å². The summed E-state index contributed by atoms with van der Waals surface area (Å²) in [5.41, 5.74) is 2.61. The van der Waals surface area contributed by atoms with Crippen molar-refractivity contribution in [3.05, 3.63) is 47.3 Å². The first-order valence-corrected chi connectivity index (χ1v) is 8.21. The van der Waals surface area contributed by atoms with E-state index in [1.54, 1.807) is 28.9 Å². The monoisotopic (exact) mass is 343 g/mol. The van der Waals surface area contributed by atoms with Crippen LogP contribution in [0.1, 0.15) is 40.5 Å². The van der Waals surface area contributed by atoms with Gasteiger partial charge in [-0.3, -0.25) is 9.48 Å². The standard InChI is InChI=1S/C18H21N3O4/c1-12-15(10-20(2)19-12)16-4-3-9-21(16)18(24)13-5-7-14(8-6-13)25-11-17(22)23/h5-8,10,16H,3-4,9,11H2,1-2H3,(H,22,23). The molecule has 1 aliphatic heterocycles. The van der Waals surface area contributed by atoms with Crippen LogP contribution in [0.25, 0.3) is 0 Å². The lowest BCUT2D eigenvalue weighted by Crippen LogP contribution is -2.30. The Morgan fingerprint density at radius 2 is 2.04 bits per heavy atom. The van der Waals surface area contributed by atoms with Gasteiger partial charge in [0.1, 0.15) is 5.75 Å². The van der Waals surface area contributed by atoms with Crippen molar-refractivity contribution in [1.82, 2.24) is 14.7 Å². The van der Waals surface area contributed by atoms with Crippen molar-refractivity contribution in [3.63, 3.8) is 0 Å². The lowest BCUT2D eigenvalue weighted by Gasteiger charge is -2.24. The maximum Gasteiger partial charge on any atom is 0.341 e. The predicted octanol–water partition coefficient (Wildman–Crippen LogP) is 2.17. The molecule has 3 rings (SSSR count). The van der Waals surface area contributed by atoms with Gasteiger partial charge in [0.05, 0.1) is 11.7 Å². The molecule has 0 saturated carbocycles. The zero-order valence-electron chi connectivity index (χ0n) is 14.3. The van der Waals surface area contributed by atoms with Gasteiger partial charge < -0.3 is 14.7 Å².